The normalized spacial score (nSPS) is 14.8. The quantitative estimate of drug-likeness (QED) is 0.887. The first-order valence-electron chi connectivity index (χ1n) is 5.52. The van der Waals surface area contributed by atoms with E-state index >= 15 is 0 Å². The monoisotopic (exact) mass is 285 g/mol. The van der Waals surface area contributed by atoms with Crippen molar-refractivity contribution in [2.45, 2.75) is 29.1 Å². The standard InChI is InChI=1S/C10H9F2N5OS/c11-5-3-6(12)8(14-7(5)13)19-10-16-15-9(18)17(10)4-1-2-4/h3-4H,1-2H2,(H2,13,14)(H,15,18). The topological polar surface area (TPSA) is 89.6 Å². The molecule has 6 nitrogen and oxygen atoms in total. The van der Waals surface area contributed by atoms with Gasteiger partial charge in [0.25, 0.3) is 0 Å². The first-order valence-corrected chi connectivity index (χ1v) is 6.34. The Bertz CT molecular complexity index is 694. The van der Waals surface area contributed by atoms with Crippen LogP contribution in [0, 0.1) is 11.6 Å². The molecule has 19 heavy (non-hydrogen) atoms. The number of nitrogens with one attached hydrogen (secondary N) is 1. The van der Waals surface area contributed by atoms with E-state index in [1.807, 2.05) is 0 Å². The van der Waals surface area contributed by atoms with Crippen molar-refractivity contribution in [1.29, 1.82) is 0 Å². The highest BCUT2D eigenvalue weighted by Gasteiger charge is 2.29. The number of H-pyrrole nitrogens is 1. The molecule has 2 aromatic rings. The summed E-state index contributed by atoms with van der Waals surface area (Å²) < 4.78 is 28.0. The fourth-order valence-corrected chi connectivity index (χ4v) is 2.53. The molecule has 9 heteroatoms. The minimum absolute atomic E-state index is 0.0922. The number of pyridine rings is 1. The largest absolute Gasteiger partial charge is 0.381 e. The molecule has 0 aliphatic heterocycles. The minimum Gasteiger partial charge on any atom is -0.381 e. The summed E-state index contributed by atoms with van der Waals surface area (Å²) in [5, 5.41) is 6.30. The summed E-state index contributed by atoms with van der Waals surface area (Å²) >= 11 is 0.841. The highest BCUT2D eigenvalue weighted by molar-refractivity contribution is 7.99. The number of anilines is 1. The lowest BCUT2D eigenvalue weighted by molar-refractivity contribution is 0.551. The second-order valence-corrected chi connectivity index (χ2v) is 5.11. The number of nitrogens with zero attached hydrogens (tertiary/aromatic N) is 3. The second-order valence-electron chi connectivity index (χ2n) is 4.16. The molecule has 1 aliphatic rings. The lowest BCUT2D eigenvalue weighted by atomic mass is 10.4. The van der Waals surface area contributed by atoms with Crippen molar-refractivity contribution in [3.05, 3.63) is 28.2 Å². The van der Waals surface area contributed by atoms with E-state index < -0.39 is 11.6 Å². The molecule has 1 saturated carbocycles. The van der Waals surface area contributed by atoms with E-state index in [4.69, 9.17) is 5.73 Å². The van der Waals surface area contributed by atoms with Gasteiger partial charge in [-0.25, -0.2) is 23.7 Å². The van der Waals surface area contributed by atoms with E-state index in [1.165, 1.54) is 4.57 Å². The Morgan fingerprint density at radius 1 is 1.42 bits per heavy atom. The van der Waals surface area contributed by atoms with Crippen LogP contribution in [0.25, 0.3) is 0 Å². The Hall–Kier alpha value is -1.90. The van der Waals surface area contributed by atoms with Gasteiger partial charge < -0.3 is 5.73 Å². The Morgan fingerprint density at radius 3 is 2.84 bits per heavy atom. The molecular weight excluding hydrogens is 276 g/mol. The molecule has 3 N–H and O–H groups in total. The highest BCUT2D eigenvalue weighted by atomic mass is 32.2. The Kier molecular flexibility index (Phi) is 2.77. The highest BCUT2D eigenvalue weighted by Crippen LogP contribution is 2.37. The first-order chi connectivity index (χ1) is 9.06. The van der Waals surface area contributed by atoms with Crippen molar-refractivity contribution in [2.24, 2.45) is 0 Å². The van der Waals surface area contributed by atoms with Gasteiger partial charge in [-0.3, -0.25) is 4.57 Å². The Morgan fingerprint density at radius 2 is 2.16 bits per heavy atom. The lowest BCUT2D eigenvalue weighted by Crippen LogP contribution is -2.16. The molecule has 0 amide bonds. The molecular formula is C10H9F2N5OS. The minimum atomic E-state index is -0.913. The molecule has 2 heterocycles. The van der Waals surface area contributed by atoms with Gasteiger partial charge in [0.2, 0.25) is 0 Å². The van der Waals surface area contributed by atoms with Crippen LogP contribution in [0.15, 0.2) is 21.0 Å². The molecule has 3 rings (SSSR count). The van der Waals surface area contributed by atoms with E-state index in [9.17, 15) is 13.6 Å². The van der Waals surface area contributed by atoms with Gasteiger partial charge in [-0.2, -0.15) is 0 Å². The zero-order valence-electron chi connectivity index (χ0n) is 9.56. The maximum Gasteiger partial charge on any atom is 0.344 e. The van der Waals surface area contributed by atoms with Crippen LogP contribution < -0.4 is 11.4 Å². The van der Waals surface area contributed by atoms with Crippen molar-refractivity contribution < 1.29 is 8.78 Å². The average Bonchev–Trinajstić information content (AvgIpc) is 3.12. The molecule has 1 fully saturated rings. The van der Waals surface area contributed by atoms with Gasteiger partial charge in [0, 0.05) is 12.1 Å². The van der Waals surface area contributed by atoms with E-state index in [0.29, 0.717) is 11.2 Å². The van der Waals surface area contributed by atoms with Crippen LogP contribution in [0.1, 0.15) is 18.9 Å². The molecule has 100 valence electrons. The number of nitrogen functional groups attached to an aromatic ring is 1. The van der Waals surface area contributed by atoms with Gasteiger partial charge in [-0.15, -0.1) is 5.10 Å². The Labute approximate surface area is 110 Å². The van der Waals surface area contributed by atoms with Crippen LogP contribution in [0.4, 0.5) is 14.6 Å². The summed E-state index contributed by atoms with van der Waals surface area (Å²) in [6.45, 7) is 0. The van der Waals surface area contributed by atoms with Crippen LogP contribution in [0.2, 0.25) is 0 Å². The molecule has 2 aromatic heterocycles. The van der Waals surface area contributed by atoms with Crippen molar-refractivity contribution >= 4 is 17.6 Å². The van der Waals surface area contributed by atoms with Crippen LogP contribution in [0.3, 0.4) is 0 Å². The number of aromatic nitrogens is 4. The van der Waals surface area contributed by atoms with Gasteiger partial charge in [-0.05, 0) is 24.6 Å². The SMILES string of the molecule is Nc1nc(Sc2n[nH]c(=O)n2C2CC2)c(F)cc1F. The van der Waals surface area contributed by atoms with Gasteiger partial charge in [0.15, 0.2) is 22.6 Å². The second kappa shape index (κ2) is 4.34. The van der Waals surface area contributed by atoms with E-state index in [1.54, 1.807) is 0 Å². The van der Waals surface area contributed by atoms with Crippen molar-refractivity contribution in [3.8, 4) is 0 Å². The zero-order valence-corrected chi connectivity index (χ0v) is 10.4. The zero-order chi connectivity index (χ0) is 13.6. The van der Waals surface area contributed by atoms with Crippen molar-refractivity contribution in [3.63, 3.8) is 0 Å². The summed E-state index contributed by atoms with van der Waals surface area (Å²) in [7, 11) is 0. The third kappa shape index (κ3) is 2.21. The molecule has 0 radical (unpaired) electrons. The van der Waals surface area contributed by atoms with Crippen LogP contribution in [0.5, 0.6) is 0 Å². The lowest BCUT2D eigenvalue weighted by Gasteiger charge is -2.05. The number of hydrogen-bond acceptors (Lipinski definition) is 5. The summed E-state index contributed by atoms with van der Waals surface area (Å²) in [6, 6.07) is 0.756. The molecule has 0 spiro atoms. The summed E-state index contributed by atoms with van der Waals surface area (Å²) in [4.78, 5) is 15.2. The van der Waals surface area contributed by atoms with Gasteiger partial charge >= 0.3 is 5.69 Å². The van der Waals surface area contributed by atoms with E-state index in [0.717, 1.165) is 24.6 Å². The molecule has 0 aromatic carbocycles. The third-order valence-electron chi connectivity index (χ3n) is 2.70. The number of halogens is 2. The summed E-state index contributed by atoms with van der Waals surface area (Å²) in [5.41, 5.74) is 4.95. The van der Waals surface area contributed by atoms with E-state index in [-0.39, 0.29) is 22.6 Å². The fraction of sp³-hybridized carbons (Fsp3) is 0.300. The molecule has 0 saturated heterocycles. The van der Waals surface area contributed by atoms with Gasteiger partial charge in [0.05, 0.1) is 0 Å². The summed E-state index contributed by atoms with van der Waals surface area (Å²) in [6.07, 6.45) is 1.77. The van der Waals surface area contributed by atoms with Gasteiger partial charge in [-0.1, -0.05) is 0 Å². The van der Waals surface area contributed by atoms with Gasteiger partial charge in [0.1, 0.15) is 5.03 Å². The molecule has 0 unspecified atom stereocenters. The first kappa shape index (κ1) is 12.2. The third-order valence-corrected chi connectivity index (χ3v) is 3.65. The van der Waals surface area contributed by atoms with Crippen LogP contribution in [-0.4, -0.2) is 19.7 Å². The molecule has 0 bridgehead atoms. The maximum absolute atomic E-state index is 13.6. The number of rotatable bonds is 3. The number of aromatic amines is 1. The number of nitrogens with two attached hydrogens (primary N) is 1. The predicted molar refractivity (Wildman–Crippen MR) is 63.8 cm³/mol. The smallest absolute Gasteiger partial charge is 0.344 e. The molecule has 1 aliphatic carbocycles. The predicted octanol–water partition coefficient (Wildman–Crippen LogP) is 1.31. The van der Waals surface area contributed by atoms with Crippen LogP contribution >= 0.6 is 11.8 Å². The molecule has 0 atom stereocenters. The van der Waals surface area contributed by atoms with Crippen LogP contribution in [-0.2, 0) is 0 Å². The average molecular weight is 285 g/mol. The Balaban J connectivity index is 1.98. The van der Waals surface area contributed by atoms with Crippen molar-refractivity contribution in [2.75, 3.05) is 5.73 Å². The summed E-state index contributed by atoms with van der Waals surface area (Å²) in [5.74, 6) is -2.14. The van der Waals surface area contributed by atoms with Crippen molar-refractivity contribution in [1.82, 2.24) is 19.7 Å². The fourth-order valence-electron chi connectivity index (χ4n) is 1.64. The maximum atomic E-state index is 13.6. The van der Waals surface area contributed by atoms with E-state index in [2.05, 4.69) is 15.2 Å². The number of hydrogen-bond donors (Lipinski definition) is 2.